The third-order valence-corrected chi connectivity index (χ3v) is 9.68. The molecule has 1 atom stereocenters. The van der Waals surface area contributed by atoms with Gasteiger partial charge in [-0.05, 0) is 31.9 Å². The first kappa shape index (κ1) is 30.6. The van der Waals surface area contributed by atoms with E-state index in [9.17, 15) is 10.1 Å². The van der Waals surface area contributed by atoms with E-state index in [-0.39, 0.29) is 68.1 Å². The summed E-state index contributed by atoms with van der Waals surface area (Å²) in [5.41, 5.74) is 0.566. The van der Waals surface area contributed by atoms with Gasteiger partial charge in [0.25, 0.3) is 0 Å². The van der Waals surface area contributed by atoms with E-state index in [1.165, 1.54) is 0 Å². The number of anilines is 2. The van der Waals surface area contributed by atoms with Gasteiger partial charge in [-0.25, -0.2) is 23.5 Å². The van der Waals surface area contributed by atoms with E-state index < -0.39 is 23.3 Å². The molecule has 4 aromatic rings. The van der Waals surface area contributed by atoms with Gasteiger partial charge in [0.1, 0.15) is 22.2 Å². The number of rotatable bonds is 5. The number of pyridine rings is 1. The Hall–Kier alpha value is -4.03. The van der Waals surface area contributed by atoms with Crippen LogP contribution in [0.25, 0.3) is 32.2 Å². The lowest BCUT2D eigenvalue weighted by Crippen LogP contribution is -2.57. The molecule has 46 heavy (non-hydrogen) atoms. The molecular weight excluding hydrogens is 616 g/mol. The Morgan fingerprint density at radius 2 is 1.96 bits per heavy atom. The quantitative estimate of drug-likeness (QED) is 0.280. The number of nitrogens with zero attached hydrogens (tertiary/aromatic N) is 5. The smallest absolute Gasteiger partial charge is 0.412 e. The first-order chi connectivity index (χ1) is 21.9. The molecule has 1 aromatic carbocycles. The maximum atomic E-state index is 16.9. The summed E-state index contributed by atoms with van der Waals surface area (Å²) in [6.07, 6.45) is 1.83. The third-order valence-electron chi connectivity index (χ3n) is 8.56. The average Bonchev–Trinajstić information content (AvgIpc) is 3.68. The molecule has 14 heteroatoms. The van der Waals surface area contributed by atoms with E-state index in [0.717, 1.165) is 17.5 Å². The summed E-state index contributed by atoms with van der Waals surface area (Å²) < 4.78 is 48.9. The summed E-state index contributed by atoms with van der Waals surface area (Å²) >= 11 is 0.860. The van der Waals surface area contributed by atoms with Crippen LogP contribution >= 0.6 is 11.3 Å². The van der Waals surface area contributed by atoms with Crippen molar-refractivity contribution in [2.75, 3.05) is 36.5 Å². The van der Waals surface area contributed by atoms with Crippen molar-refractivity contribution in [2.45, 2.75) is 65.5 Å². The fourth-order valence-corrected chi connectivity index (χ4v) is 7.60. The van der Waals surface area contributed by atoms with Crippen molar-refractivity contribution < 1.29 is 27.8 Å². The minimum absolute atomic E-state index is 0.0443. The van der Waals surface area contributed by atoms with Crippen LogP contribution in [0.1, 0.15) is 51.3 Å². The highest BCUT2D eigenvalue weighted by Gasteiger charge is 2.52. The predicted molar refractivity (Wildman–Crippen MR) is 169 cm³/mol. The second kappa shape index (κ2) is 11.0. The number of ether oxygens (including phenoxy) is 3. The molecule has 6 heterocycles. The summed E-state index contributed by atoms with van der Waals surface area (Å²) in [5, 5.41) is 17.1. The highest BCUT2D eigenvalue weighted by atomic mass is 32.1. The van der Waals surface area contributed by atoms with Crippen LogP contribution in [0.15, 0.2) is 12.4 Å². The zero-order chi connectivity index (χ0) is 32.5. The van der Waals surface area contributed by atoms with E-state index in [1.54, 1.807) is 27.0 Å². The average molecular weight is 650 g/mol. The highest BCUT2D eigenvalue weighted by molar-refractivity contribution is 7.23. The van der Waals surface area contributed by atoms with E-state index in [1.807, 2.05) is 0 Å². The summed E-state index contributed by atoms with van der Waals surface area (Å²) in [6, 6.07) is 2.50. The lowest BCUT2D eigenvalue weighted by Gasteiger charge is -2.42. The number of amides is 1. The van der Waals surface area contributed by atoms with Crippen LogP contribution in [0.5, 0.6) is 0 Å². The molecule has 0 bridgehead atoms. The van der Waals surface area contributed by atoms with Gasteiger partial charge in [0, 0.05) is 47.7 Å². The number of hydrogen-bond acceptors (Lipinski definition) is 11. The second-order valence-electron chi connectivity index (χ2n) is 13.4. The Morgan fingerprint density at radius 1 is 1.20 bits per heavy atom. The number of carbonyl (C=O) groups is 1. The number of benzene rings is 1. The Bertz CT molecular complexity index is 1950. The molecule has 1 spiro atoms. The minimum Gasteiger partial charge on any atom is -0.444 e. The van der Waals surface area contributed by atoms with Gasteiger partial charge in [-0.15, -0.1) is 11.3 Å². The van der Waals surface area contributed by atoms with E-state index in [0.29, 0.717) is 48.8 Å². The van der Waals surface area contributed by atoms with Crippen molar-refractivity contribution >= 4 is 49.4 Å². The van der Waals surface area contributed by atoms with Gasteiger partial charge in [-0.1, -0.05) is 13.8 Å². The van der Waals surface area contributed by atoms with Crippen LogP contribution in [0.2, 0.25) is 0 Å². The molecule has 0 saturated carbocycles. The van der Waals surface area contributed by atoms with Gasteiger partial charge >= 0.3 is 6.09 Å². The van der Waals surface area contributed by atoms with Crippen LogP contribution in [-0.2, 0) is 27.4 Å². The van der Waals surface area contributed by atoms with Crippen LogP contribution in [-0.4, -0.2) is 65.0 Å². The molecule has 3 aromatic heterocycles. The number of hydrogen-bond donors (Lipinski definition) is 2. The Morgan fingerprint density at radius 3 is 2.63 bits per heavy atom. The number of carbonyl (C=O) groups excluding carboxylic acids is 1. The third kappa shape index (κ3) is 5.02. The topological polar surface area (TPSA) is 135 Å². The molecule has 2 N–H and O–H groups in total. The van der Waals surface area contributed by atoms with Gasteiger partial charge < -0.3 is 24.4 Å². The molecule has 2 saturated heterocycles. The van der Waals surface area contributed by atoms with Crippen molar-refractivity contribution in [3.63, 3.8) is 0 Å². The number of nitrogens with one attached hydrogen (secondary N) is 2. The van der Waals surface area contributed by atoms with Crippen molar-refractivity contribution in [1.29, 1.82) is 5.26 Å². The predicted octanol–water partition coefficient (Wildman–Crippen LogP) is 5.64. The SMILES string of the molecule is CC(C)NC1CN(c2ncc3c4c(c(-c5ncc(F)c6sc(NC(=O)OC(C)(C)C)c(C#N)c56)c(F)c3n2)COC4)CC12COC2. The fourth-order valence-electron chi connectivity index (χ4n) is 6.56. The van der Waals surface area contributed by atoms with Crippen LogP contribution in [0.3, 0.4) is 0 Å². The van der Waals surface area contributed by atoms with Crippen molar-refractivity contribution in [2.24, 2.45) is 5.41 Å². The van der Waals surface area contributed by atoms with Gasteiger partial charge in [-0.3, -0.25) is 10.3 Å². The zero-order valence-electron chi connectivity index (χ0n) is 26.1. The summed E-state index contributed by atoms with van der Waals surface area (Å²) in [7, 11) is 0. The normalized spacial score (nSPS) is 18.8. The van der Waals surface area contributed by atoms with Gasteiger partial charge in [0.15, 0.2) is 11.6 Å². The number of fused-ring (bicyclic) bond motifs is 4. The zero-order valence-corrected chi connectivity index (χ0v) is 26.9. The summed E-state index contributed by atoms with van der Waals surface area (Å²) in [6.45, 7) is 12.2. The van der Waals surface area contributed by atoms with Crippen molar-refractivity contribution in [3.05, 3.63) is 40.7 Å². The van der Waals surface area contributed by atoms with E-state index in [2.05, 4.69) is 45.4 Å². The summed E-state index contributed by atoms with van der Waals surface area (Å²) in [4.78, 5) is 28.4. The first-order valence-electron chi connectivity index (χ1n) is 15.1. The molecule has 3 aliphatic rings. The standard InChI is InChI=1S/C32H33F2N7O4S/c1-15(2)38-21-9-41(12-32(21)13-44-14-32)29-37-7-17-18-10-43-11-19(18)22(24(34)25(17)39-29)26-23-16(6-35)28(40-30(42)45-31(3,4)5)46-27(23)20(33)8-36-26/h7-8,15,21,38H,9-14H2,1-5H3,(H,40,42). The van der Waals surface area contributed by atoms with Crippen molar-refractivity contribution in [1.82, 2.24) is 20.3 Å². The van der Waals surface area contributed by atoms with Gasteiger partial charge in [0.05, 0.1) is 54.0 Å². The lowest BCUT2D eigenvalue weighted by molar-refractivity contribution is -0.113. The number of halogens is 2. The largest absolute Gasteiger partial charge is 0.444 e. The Kier molecular flexibility index (Phi) is 7.35. The number of nitriles is 1. The molecule has 1 amide bonds. The summed E-state index contributed by atoms with van der Waals surface area (Å²) in [5.74, 6) is -0.980. The molecule has 2 fully saturated rings. The maximum absolute atomic E-state index is 16.9. The molecule has 1 unspecified atom stereocenters. The first-order valence-corrected chi connectivity index (χ1v) is 15.9. The lowest BCUT2D eigenvalue weighted by atomic mass is 9.81. The number of aromatic nitrogens is 3. The molecule has 0 aliphatic carbocycles. The van der Waals surface area contributed by atoms with Gasteiger partial charge in [0.2, 0.25) is 5.95 Å². The van der Waals surface area contributed by atoms with Crippen LogP contribution in [0.4, 0.5) is 24.5 Å². The molecule has 7 rings (SSSR count). The second-order valence-corrected chi connectivity index (χ2v) is 14.4. The van der Waals surface area contributed by atoms with Gasteiger partial charge in [-0.2, -0.15) is 5.26 Å². The Balaban J connectivity index is 1.36. The van der Waals surface area contributed by atoms with E-state index >= 15 is 8.78 Å². The Labute approximate surface area is 267 Å². The van der Waals surface area contributed by atoms with E-state index in [4.69, 9.17) is 19.2 Å². The van der Waals surface area contributed by atoms with Crippen LogP contribution in [0, 0.1) is 28.4 Å². The van der Waals surface area contributed by atoms with Crippen LogP contribution < -0.4 is 15.5 Å². The molecule has 0 radical (unpaired) electrons. The molecular formula is C32H33F2N7O4S. The minimum atomic E-state index is -0.802. The molecule has 11 nitrogen and oxygen atoms in total. The van der Waals surface area contributed by atoms with Crippen molar-refractivity contribution in [3.8, 4) is 17.3 Å². The number of thiophene rings is 1. The monoisotopic (exact) mass is 649 g/mol. The fraction of sp³-hybridized carbons (Fsp3) is 0.469. The maximum Gasteiger partial charge on any atom is 0.412 e. The highest BCUT2D eigenvalue weighted by Crippen LogP contribution is 2.46. The molecule has 240 valence electrons. The molecule has 3 aliphatic heterocycles.